The van der Waals surface area contributed by atoms with Crippen LogP contribution in [0, 0.1) is 0 Å². The lowest BCUT2D eigenvalue weighted by Gasteiger charge is -2.27. The third-order valence-corrected chi connectivity index (χ3v) is 12.5. The first-order chi connectivity index (χ1) is 25.0. The second-order valence-electron chi connectivity index (χ2n) is 11.2. The molecule has 0 saturated carbocycles. The van der Waals surface area contributed by atoms with Gasteiger partial charge in [0.15, 0.2) is 16.6 Å². The minimum Gasteiger partial charge on any atom is -0.494 e. The van der Waals surface area contributed by atoms with Gasteiger partial charge in [0.25, 0.3) is 0 Å². The van der Waals surface area contributed by atoms with Crippen LogP contribution in [-0.2, 0) is 4.74 Å². The standard InChI is InChI=1S/C40H41N6O2PS2/c1-3-48-33-26-24-32(25-27-33)38(43-45-39(50)41-2)37(31-16-8-4-9-17-31)44-46-40(51)42-28-29-47-30-49(34-18-10-5-11-19-34,35-20-12-6-13-21-35)36-22-14-7-15-23-36/h4-27H,3,28-30H2,1-2H3,(H3-,41,42,43,44,45,46,50,51)/p+1. The number of hydrogen-bond acceptors (Lipinski definition) is 6. The molecule has 0 spiro atoms. The van der Waals surface area contributed by atoms with E-state index in [0.717, 1.165) is 16.9 Å². The van der Waals surface area contributed by atoms with Gasteiger partial charge >= 0.3 is 0 Å². The number of benzene rings is 5. The lowest BCUT2D eigenvalue weighted by molar-refractivity contribution is 0.185. The van der Waals surface area contributed by atoms with Crippen LogP contribution in [0.4, 0.5) is 0 Å². The van der Waals surface area contributed by atoms with Crippen LogP contribution in [0.2, 0.25) is 0 Å². The van der Waals surface area contributed by atoms with Crippen LogP contribution in [0.5, 0.6) is 5.75 Å². The fourth-order valence-electron chi connectivity index (χ4n) is 5.45. The first-order valence-corrected chi connectivity index (χ1v) is 19.4. The molecule has 0 bridgehead atoms. The number of hydrogen-bond donors (Lipinski definition) is 4. The molecule has 0 heterocycles. The molecule has 5 aromatic carbocycles. The summed E-state index contributed by atoms with van der Waals surface area (Å²) in [5, 5.41) is 20.1. The maximum absolute atomic E-state index is 6.50. The summed E-state index contributed by atoms with van der Waals surface area (Å²) in [7, 11) is -0.370. The predicted octanol–water partition coefficient (Wildman–Crippen LogP) is 5.72. The van der Waals surface area contributed by atoms with Gasteiger partial charge in [-0.05, 0) is 92.0 Å². The summed E-state index contributed by atoms with van der Waals surface area (Å²) < 4.78 is 12.2. The molecule has 0 aromatic heterocycles. The number of ether oxygens (including phenoxy) is 2. The van der Waals surface area contributed by atoms with Gasteiger partial charge in [0, 0.05) is 24.7 Å². The Morgan fingerprint density at radius 2 is 1.06 bits per heavy atom. The van der Waals surface area contributed by atoms with E-state index in [1.165, 1.54) is 15.9 Å². The molecule has 260 valence electrons. The summed E-state index contributed by atoms with van der Waals surface area (Å²) in [6.45, 7) is 3.45. The van der Waals surface area contributed by atoms with Crippen molar-refractivity contribution in [3.05, 3.63) is 157 Å². The summed E-state index contributed by atoms with van der Waals surface area (Å²) in [5.74, 6) is 0.763. The van der Waals surface area contributed by atoms with E-state index in [9.17, 15) is 0 Å². The Labute approximate surface area is 311 Å². The van der Waals surface area contributed by atoms with Gasteiger partial charge in [-0.3, -0.25) is 10.9 Å². The topological polar surface area (TPSA) is 91.3 Å². The SMILES string of the molecule is CCOc1ccc(C(=N\NC(=S)NC)/C(=N/NC(=S)NCCOC[P+](c2ccccc2)(c2ccccc2)c2ccccc2)c2ccccc2)cc1. The van der Waals surface area contributed by atoms with E-state index < -0.39 is 7.26 Å². The van der Waals surface area contributed by atoms with Crippen molar-refractivity contribution in [1.29, 1.82) is 0 Å². The fourth-order valence-corrected chi connectivity index (χ4v) is 9.43. The van der Waals surface area contributed by atoms with Crippen LogP contribution in [0.3, 0.4) is 0 Å². The van der Waals surface area contributed by atoms with Gasteiger partial charge in [-0.2, -0.15) is 10.2 Å². The van der Waals surface area contributed by atoms with E-state index in [-0.39, 0.29) is 0 Å². The van der Waals surface area contributed by atoms with Crippen molar-refractivity contribution in [3.63, 3.8) is 0 Å². The summed E-state index contributed by atoms with van der Waals surface area (Å²) >= 11 is 11.0. The maximum atomic E-state index is 6.50. The molecule has 0 aliphatic rings. The van der Waals surface area contributed by atoms with Gasteiger partial charge in [-0.15, -0.1) is 0 Å². The number of hydrazone groups is 2. The van der Waals surface area contributed by atoms with Gasteiger partial charge in [0.2, 0.25) is 0 Å². The minimum absolute atomic E-state index is 0.354. The van der Waals surface area contributed by atoms with Crippen LogP contribution in [0.15, 0.2) is 156 Å². The predicted molar refractivity (Wildman–Crippen MR) is 222 cm³/mol. The normalized spacial score (nSPS) is 11.7. The average Bonchev–Trinajstić information content (AvgIpc) is 3.19. The molecule has 0 radical (unpaired) electrons. The zero-order valence-corrected chi connectivity index (χ0v) is 31.2. The molecule has 0 fully saturated rings. The average molecular weight is 734 g/mol. The molecule has 5 aromatic rings. The van der Waals surface area contributed by atoms with Crippen LogP contribution < -0.4 is 42.1 Å². The maximum Gasteiger partial charge on any atom is 0.187 e. The lowest BCUT2D eigenvalue weighted by Crippen LogP contribution is -2.37. The Hall–Kier alpha value is -4.99. The molecule has 0 unspecified atom stereocenters. The summed E-state index contributed by atoms with van der Waals surface area (Å²) in [4.78, 5) is 0. The third kappa shape index (κ3) is 10.1. The van der Waals surface area contributed by atoms with Crippen LogP contribution in [0.25, 0.3) is 0 Å². The smallest absolute Gasteiger partial charge is 0.187 e. The summed E-state index contributed by atoms with van der Waals surface area (Å²) in [5.41, 5.74) is 8.71. The van der Waals surface area contributed by atoms with Crippen molar-refractivity contribution >= 4 is 69.3 Å². The first-order valence-electron chi connectivity index (χ1n) is 16.6. The Balaban J connectivity index is 1.32. The molecule has 0 aliphatic heterocycles. The molecule has 0 atom stereocenters. The second-order valence-corrected chi connectivity index (χ2v) is 15.4. The van der Waals surface area contributed by atoms with Gasteiger partial charge in [-0.25, -0.2) is 0 Å². The Bertz CT molecular complexity index is 1800. The van der Waals surface area contributed by atoms with Crippen LogP contribution in [-0.4, -0.2) is 54.8 Å². The van der Waals surface area contributed by atoms with Crippen LogP contribution >= 0.6 is 31.7 Å². The number of nitrogens with one attached hydrogen (secondary N) is 4. The van der Waals surface area contributed by atoms with Crippen molar-refractivity contribution in [3.8, 4) is 5.75 Å². The molecule has 5 rings (SSSR count). The number of rotatable bonds is 15. The zero-order valence-electron chi connectivity index (χ0n) is 28.7. The van der Waals surface area contributed by atoms with Crippen molar-refractivity contribution in [2.75, 3.05) is 33.2 Å². The first kappa shape index (κ1) is 37.3. The molecule has 0 saturated heterocycles. The molecular formula is C40H42N6O2PS2+. The minimum atomic E-state index is -2.10. The van der Waals surface area contributed by atoms with E-state index in [2.05, 4.69) is 118 Å². The molecule has 51 heavy (non-hydrogen) atoms. The summed E-state index contributed by atoms with van der Waals surface area (Å²) in [6, 6.07) is 49.5. The molecule has 11 heteroatoms. The Morgan fingerprint density at radius 3 is 1.53 bits per heavy atom. The number of thiocarbonyl (C=S) groups is 2. The molecular weight excluding hydrogens is 692 g/mol. The van der Waals surface area contributed by atoms with Gasteiger partial charge in [0.1, 0.15) is 40.3 Å². The highest BCUT2D eigenvalue weighted by atomic mass is 32.1. The zero-order chi connectivity index (χ0) is 35.7. The molecule has 0 aliphatic carbocycles. The summed E-state index contributed by atoms with van der Waals surface area (Å²) in [6.07, 6.45) is 0.548. The van der Waals surface area contributed by atoms with E-state index in [4.69, 9.17) is 39.0 Å². The second kappa shape index (κ2) is 19.4. The largest absolute Gasteiger partial charge is 0.494 e. The van der Waals surface area contributed by atoms with E-state index in [1.54, 1.807) is 7.05 Å². The molecule has 4 N–H and O–H groups in total. The molecule has 0 amide bonds. The van der Waals surface area contributed by atoms with Crippen molar-refractivity contribution in [1.82, 2.24) is 21.5 Å². The highest BCUT2D eigenvalue weighted by Crippen LogP contribution is 2.55. The van der Waals surface area contributed by atoms with E-state index in [1.807, 2.05) is 61.5 Å². The highest BCUT2D eigenvalue weighted by molar-refractivity contribution is 7.95. The number of nitrogens with zero attached hydrogens (tertiary/aromatic N) is 2. The Morgan fingerprint density at radius 1 is 0.608 bits per heavy atom. The fraction of sp³-hybridized carbons (Fsp3) is 0.150. The Kier molecular flexibility index (Phi) is 14.2. The van der Waals surface area contributed by atoms with E-state index in [0.29, 0.717) is 47.8 Å². The van der Waals surface area contributed by atoms with Crippen molar-refractivity contribution in [2.45, 2.75) is 6.92 Å². The quantitative estimate of drug-likeness (QED) is 0.0358. The van der Waals surface area contributed by atoms with Gasteiger partial charge in [-0.1, -0.05) is 84.9 Å². The van der Waals surface area contributed by atoms with Gasteiger partial charge < -0.3 is 20.1 Å². The van der Waals surface area contributed by atoms with Gasteiger partial charge in [0.05, 0.1) is 13.2 Å². The van der Waals surface area contributed by atoms with Crippen molar-refractivity contribution in [2.24, 2.45) is 10.2 Å². The monoisotopic (exact) mass is 733 g/mol. The third-order valence-electron chi connectivity index (χ3n) is 7.88. The van der Waals surface area contributed by atoms with Crippen molar-refractivity contribution < 1.29 is 9.47 Å². The van der Waals surface area contributed by atoms with E-state index >= 15 is 0 Å². The van der Waals surface area contributed by atoms with Crippen LogP contribution in [0.1, 0.15) is 18.1 Å². The lowest BCUT2D eigenvalue weighted by atomic mass is 10.00. The highest BCUT2D eigenvalue weighted by Gasteiger charge is 2.45. The molecule has 8 nitrogen and oxygen atoms in total.